The number of benzene rings is 2. The number of methoxy groups -OCH3 is 1. The van der Waals surface area contributed by atoms with Gasteiger partial charge in [-0.1, -0.05) is 23.7 Å². The molecule has 7 heteroatoms. The van der Waals surface area contributed by atoms with Crippen molar-refractivity contribution in [3.8, 4) is 5.75 Å². The Labute approximate surface area is 156 Å². The number of carbonyl (C=O) groups excluding carboxylic acids is 1. The van der Waals surface area contributed by atoms with E-state index < -0.39 is 0 Å². The van der Waals surface area contributed by atoms with Gasteiger partial charge in [0, 0.05) is 28.7 Å². The van der Waals surface area contributed by atoms with Crippen molar-refractivity contribution in [1.29, 1.82) is 0 Å². The summed E-state index contributed by atoms with van der Waals surface area (Å²) in [4.78, 5) is 20.9. The molecular weight excluding hydrogens is 352 g/mol. The van der Waals surface area contributed by atoms with Crippen molar-refractivity contribution in [2.75, 3.05) is 17.7 Å². The number of carbonyl (C=O) groups is 1. The summed E-state index contributed by atoms with van der Waals surface area (Å²) in [6, 6.07) is 14.2. The van der Waals surface area contributed by atoms with Gasteiger partial charge < -0.3 is 15.4 Å². The monoisotopic (exact) mass is 368 g/mol. The van der Waals surface area contributed by atoms with Gasteiger partial charge in [-0.2, -0.15) is 0 Å². The topological polar surface area (TPSA) is 76.1 Å². The van der Waals surface area contributed by atoms with E-state index >= 15 is 0 Å². The quantitative estimate of drug-likeness (QED) is 0.696. The third kappa shape index (κ3) is 4.10. The average molecular weight is 369 g/mol. The third-order valence-corrected chi connectivity index (χ3v) is 4.14. The first-order chi connectivity index (χ1) is 12.6. The molecule has 3 aromatic rings. The van der Waals surface area contributed by atoms with E-state index in [0.29, 0.717) is 22.4 Å². The Kier molecular flexibility index (Phi) is 5.34. The van der Waals surface area contributed by atoms with Crippen LogP contribution in [0.25, 0.3) is 0 Å². The molecule has 6 nitrogen and oxygen atoms in total. The number of halogens is 1. The van der Waals surface area contributed by atoms with E-state index in [1.807, 2.05) is 31.2 Å². The molecule has 0 saturated carbocycles. The molecule has 0 saturated heterocycles. The fourth-order valence-corrected chi connectivity index (χ4v) is 2.48. The molecule has 0 radical (unpaired) electrons. The molecule has 1 aromatic heterocycles. The zero-order valence-corrected chi connectivity index (χ0v) is 15.0. The highest BCUT2D eigenvalue weighted by molar-refractivity contribution is 6.31. The van der Waals surface area contributed by atoms with Crippen molar-refractivity contribution in [3.05, 3.63) is 71.0 Å². The molecule has 0 aliphatic heterocycles. The number of aromatic nitrogens is 2. The molecule has 26 heavy (non-hydrogen) atoms. The molecule has 1 amide bonds. The average Bonchev–Trinajstić information content (AvgIpc) is 2.66. The summed E-state index contributed by atoms with van der Waals surface area (Å²) < 4.78 is 5.19. The number of anilines is 3. The van der Waals surface area contributed by atoms with Gasteiger partial charge in [-0.15, -0.1) is 0 Å². The highest BCUT2D eigenvalue weighted by atomic mass is 35.5. The molecule has 0 unspecified atom stereocenters. The number of ether oxygens (including phenoxy) is 1. The van der Waals surface area contributed by atoms with E-state index in [2.05, 4.69) is 20.6 Å². The Morgan fingerprint density at radius 1 is 1.15 bits per heavy atom. The Hall–Kier alpha value is -3.12. The summed E-state index contributed by atoms with van der Waals surface area (Å²) in [7, 11) is 1.60. The van der Waals surface area contributed by atoms with Crippen LogP contribution in [0.3, 0.4) is 0 Å². The SMILES string of the molecule is COc1cccc(Nc2nccc(C(=O)Nc3cccc(Cl)c3C)n2)c1. The summed E-state index contributed by atoms with van der Waals surface area (Å²) in [5.74, 6) is 0.681. The fourth-order valence-electron chi connectivity index (χ4n) is 2.30. The molecule has 0 spiro atoms. The lowest BCUT2D eigenvalue weighted by Gasteiger charge is -2.10. The number of nitrogens with zero attached hydrogens (tertiary/aromatic N) is 2. The van der Waals surface area contributed by atoms with Crippen LogP contribution in [0.4, 0.5) is 17.3 Å². The lowest BCUT2D eigenvalue weighted by Crippen LogP contribution is -2.15. The van der Waals surface area contributed by atoms with Crippen LogP contribution in [0.5, 0.6) is 5.75 Å². The van der Waals surface area contributed by atoms with Crippen LogP contribution in [-0.4, -0.2) is 23.0 Å². The van der Waals surface area contributed by atoms with Gasteiger partial charge >= 0.3 is 0 Å². The molecule has 0 aliphatic rings. The predicted octanol–water partition coefficient (Wildman–Crippen LogP) is 4.44. The Balaban J connectivity index is 1.78. The minimum Gasteiger partial charge on any atom is -0.497 e. The first-order valence-electron chi connectivity index (χ1n) is 7.87. The van der Waals surface area contributed by atoms with Gasteiger partial charge in [0.1, 0.15) is 11.4 Å². The molecule has 3 rings (SSSR count). The van der Waals surface area contributed by atoms with Crippen LogP contribution < -0.4 is 15.4 Å². The van der Waals surface area contributed by atoms with Crippen LogP contribution >= 0.6 is 11.6 Å². The minimum atomic E-state index is -0.341. The van der Waals surface area contributed by atoms with Gasteiger partial charge in [0.25, 0.3) is 5.91 Å². The smallest absolute Gasteiger partial charge is 0.274 e. The van der Waals surface area contributed by atoms with Gasteiger partial charge in [-0.25, -0.2) is 9.97 Å². The number of amides is 1. The standard InChI is InChI=1S/C19H17ClN4O2/c1-12-15(20)7-4-8-16(12)23-18(25)17-9-10-21-19(24-17)22-13-5-3-6-14(11-13)26-2/h3-11H,1-2H3,(H,23,25)(H,21,22,24). The van der Waals surface area contributed by atoms with Crippen LogP contribution in [0, 0.1) is 6.92 Å². The van der Waals surface area contributed by atoms with Crippen LogP contribution in [0.1, 0.15) is 16.1 Å². The van der Waals surface area contributed by atoms with E-state index in [9.17, 15) is 4.79 Å². The van der Waals surface area contributed by atoms with Gasteiger partial charge in [-0.3, -0.25) is 4.79 Å². The third-order valence-electron chi connectivity index (χ3n) is 3.73. The molecule has 1 heterocycles. The Morgan fingerprint density at radius 2 is 1.96 bits per heavy atom. The summed E-state index contributed by atoms with van der Waals surface area (Å²) in [6.45, 7) is 1.84. The maximum absolute atomic E-state index is 12.5. The van der Waals surface area contributed by atoms with Crippen molar-refractivity contribution in [2.45, 2.75) is 6.92 Å². The molecule has 0 bridgehead atoms. The van der Waals surface area contributed by atoms with Gasteiger partial charge in [0.2, 0.25) is 5.95 Å². The minimum absolute atomic E-state index is 0.241. The van der Waals surface area contributed by atoms with Gasteiger partial charge in [0.15, 0.2) is 0 Å². The summed E-state index contributed by atoms with van der Waals surface area (Å²) in [6.07, 6.45) is 1.52. The van der Waals surface area contributed by atoms with Crippen molar-refractivity contribution in [2.24, 2.45) is 0 Å². The van der Waals surface area contributed by atoms with Crippen molar-refractivity contribution in [1.82, 2.24) is 9.97 Å². The van der Waals surface area contributed by atoms with Crippen molar-refractivity contribution >= 4 is 34.8 Å². The normalized spacial score (nSPS) is 10.3. The zero-order valence-electron chi connectivity index (χ0n) is 14.3. The van der Waals surface area contributed by atoms with E-state index in [1.165, 1.54) is 6.20 Å². The highest BCUT2D eigenvalue weighted by Gasteiger charge is 2.12. The first kappa shape index (κ1) is 17.7. The maximum Gasteiger partial charge on any atom is 0.274 e. The van der Waals surface area contributed by atoms with E-state index in [0.717, 1.165) is 11.3 Å². The summed E-state index contributed by atoms with van der Waals surface area (Å²) in [5, 5.41) is 6.46. The van der Waals surface area contributed by atoms with Gasteiger partial charge in [0.05, 0.1) is 7.11 Å². The number of rotatable bonds is 5. The number of hydrogen-bond acceptors (Lipinski definition) is 5. The lowest BCUT2D eigenvalue weighted by atomic mass is 10.2. The second-order valence-electron chi connectivity index (χ2n) is 5.49. The van der Waals surface area contributed by atoms with Crippen molar-refractivity contribution < 1.29 is 9.53 Å². The second kappa shape index (κ2) is 7.84. The van der Waals surface area contributed by atoms with E-state index in [-0.39, 0.29) is 11.6 Å². The Morgan fingerprint density at radius 3 is 2.77 bits per heavy atom. The first-order valence-corrected chi connectivity index (χ1v) is 8.25. The Bertz CT molecular complexity index is 946. The lowest BCUT2D eigenvalue weighted by molar-refractivity contribution is 0.102. The summed E-state index contributed by atoms with van der Waals surface area (Å²) >= 11 is 6.09. The number of hydrogen-bond donors (Lipinski definition) is 2. The largest absolute Gasteiger partial charge is 0.497 e. The predicted molar refractivity (Wildman–Crippen MR) is 102 cm³/mol. The van der Waals surface area contributed by atoms with Crippen molar-refractivity contribution in [3.63, 3.8) is 0 Å². The highest BCUT2D eigenvalue weighted by Crippen LogP contribution is 2.23. The molecule has 0 aliphatic carbocycles. The molecule has 2 aromatic carbocycles. The summed E-state index contributed by atoms with van der Waals surface area (Å²) in [5.41, 5.74) is 2.44. The molecule has 2 N–H and O–H groups in total. The van der Waals surface area contributed by atoms with E-state index in [4.69, 9.17) is 16.3 Å². The van der Waals surface area contributed by atoms with Crippen LogP contribution in [0.15, 0.2) is 54.7 Å². The fraction of sp³-hybridized carbons (Fsp3) is 0.105. The molecule has 0 fully saturated rings. The van der Waals surface area contributed by atoms with Crippen LogP contribution in [-0.2, 0) is 0 Å². The maximum atomic E-state index is 12.5. The molecular formula is C19H17ClN4O2. The number of nitrogens with one attached hydrogen (secondary N) is 2. The van der Waals surface area contributed by atoms with E-state index in [1.54, 1.807) is 31.4 Å². The second-order valence-corrected chi connectivity index (χ2v) is 5.90. The van der Waals surface area contributed by atoms with Gasteiger partial charge in [-0.05, 0) is 42.8 Å². The molecule has 0 atom stereocenters. The molecule has 132 valence electrons. The zero-order chi connectivity index (χ0) is 18.5. The van der Waals surface area contributed by atoms with Crippen LogP contribution in [0.2, 0.25) is 5.02 Å².